The number of hydrogen-bond donors (Lipinski definition) is 1. The first-order valence-electron chi connectivity index (χ1n) is 7.67. The highest BCUT2D eigenvalue weighted by Gasteiger charge is 2.31. The largest absolute Gasteiger partial charge is 0.477 e. The van der Waals surface area contributed by atoms with Crippen LogP contribution in [0.1, 0.15) is 22.3 Å². The van der Waals surface area contributed by atoms with Gasteiger partial charge in [-0.25, -0.2) is 4.98 Å². The molecule has 0 fully saturated rings. The van der Waals surface area contributed by atoms with Crippen LogP contribution in [0.2, 0.25) is 10.0 Å². The number of nitrogens with zero attached hydrogens (tertiary/aromatic N) is 2. The maximum atomic E-state index is 12.5. The van der Waals surface area contributed by atoms with Crippen molar-refractivity contribution in [2.75, 3.05) is 13.2 Å². The third-order valence-electron chi connectivity index (χ3n) is 3.39. The summed E-state index contributed by atoms with van der Waals surface area (Å²) < 4.78 is 42.8. The fraction of sp³-hybridized carbons (Fsp3) is 0.250. The van der Waals surface area contributed by atoms with Gasteiger partial charge in [0.2, 0.25) is 5.88 Å². The standard InChI is InChI=1S/C16H12Cl2F3N3O4/c17-12-3-2-10(24(26)27)7-11(12)14(25)22-4-1-5-28-15-13(18)6-9(8-23-15)16(19,20)21/h2-3,6-8H,1,4-5H2,(H,22,25). The number of pyridine rings is 1. The Kier molecular flexibility index (Phi) is 7.03. The number of hydrogen-bond acceptors (Lipinski definition) is 5. The first-order valence-corrected chi connectivity index (χ1v) is 8.43. The zero-order valence-electron chi connectivity index (χ0n) is 13.9. The lowest BCUT2D eigenvalue weighted by molar-refractivity contribution is -0.384. The zero-order valence-corrected chi connectivity index (χ0v) is 15.4. The van der Waals surface area contributed by atoms with E-state index in [2.05, 4.69) is 10.3 Å². The molecule has 0 spiro atoms. The minimum atomic E-state index is -4.56. The molecule has 0 bridgehead atoms. The van der Waals surface area contributed by atoms with Crippen molar-refractivity contribution >= 4 is 34.8 Å². The number of amides is 1. The second kappa shape index (κ2) is 9.07. The molecule has 0 atom stereocenters. The van der Waals surface area contributed by atoms with Crippen LogP contribution in [0, 0.1) is 10.1 Å². The predicted molar refractivity (Wildman–Crippen MR) is 94.8 cm³/mol. The molecule has 0 aliphatic rings. The van der Waals surface area contributed by atoms with Crippen molar-refractivity contribution < 1.29 is 27.6 Å². The van der Waals surface area contributed by atoms with E-state index < -0.39 is 22.6 Å². The van der Waals surface area contributed by atoms with Crippen molar-refractivity contribution in [3.05, 3.63) is 61.7 Å². The Morgan fingerprint density at radius 3 is 2.57 bits per heavy atom. The van der Waals surface area contributed by atoms with Gasteiger partial charge in [0.1, 0.15) is 5.02 Å². The lowest BCUT2D eigenvalue weighted by atomic mass is 10.2. The average molecular weight is 438 g/mol. The topological polar surface area (TPSA) is 94.4 Å². The maximum Gasteiger partial charge on any atom is 0.417 e. The van der Waals surface area contributed by atoms with Crippen LogP contribution < -0.4 is 10.1 Å². The molecule has 0 aliphatic heterocycles. The van der Waals surface area contributed by atoms with Crippen molar-refractivity contribution in [2.45, 2.75) is 12.6 Å². The summed E-state index contributed by atoms with van der Waals surface area (Å²) in [5, 5.41) is 13.0. The Bertz CT molecular complexity index is 894. The Morgan fingerprint density at radius 2 is 1.96 bits per heavy atom. The van der Waals surface area contributed by atoms with Crippen molar-refractivity contribution in [3.8, 4) is 5.88 Å². The van der Waals surface area contributed by atoms with E-state index in [-0.39, 0.29) is 46.7 Å². The smallest absolute Gasteiger partial charge is 0.417 e. The number of halogens is 5. The van der Waals surface area contributed by atoms with Gasteiger partial charge in [-0.15, -0.1) is 0 Å². The van der Waals surface area contributed by atoms with Crippen LogP contribution in [0.4, 0.5) is 18.9 Å². The monoisotopic (exact) mass is 437 g/mol. The lowest BCUT2D eigenvalue weighted by Gasteiger charge is -2.10. The number of ether oxygens (including phenoxy) is 1. The van der Waals surface area contributed by atoms with E-state index in [1.807, 2.05) is 0 Å². The number of carbonyl (C=O) groups excluding carboxylic acids is 1. The van der Waals surface area contributed by atoms with Gasteiger partial charge in [-0.3, -0.25) is 14.9 Å². The second-order valence-electron chi connectivity index (χ2n) is 5.39. The first kappa shape index (κ1) is 21.7. The van der Waals surface area contributed by atoms with Crippen LogP contribution in [-0.4, -0.2) is 29.0 Å². The van der Waals surface area contributed by atoms with Crippen LogP contribution in [0.25, 0.3) is 0 Å². The van der Waals surface area contributed by atoms with Gasteiger partial charge in [0.05, 0.1) is 27.7 Å². The molecule has 150 valence electrons. The van der Waals surface area contributed by atoms with Crippen molar-refractivity contribution in [1.82, 2.24) is 10.3 Å². The number of benzene rings is 1. The molecule has 1 aromatic heterocycles. The molecule has 1 heterocycles. The Balaban J connectivity index is 1.84. The van der Waals surface area contributed by atoms with E-state index in [0.29, 0.717) is 12.3 Å². The van der Waals surface area contributed by atoms with Crippen molar-refractivity contribution in [2.24, 2.45) is 0 Å². The van der Waals surface area contributed by atoms with E-state index in [1.165, 1.54) is 12.1 Å². The van der Waals surface area contributed by atoms with Crippen LogP contribution in [0.15, 0.2) is 30.5 Å². The number of nitro benzene ring substituents is 1. The van der Waals surface area contributed by atoms with E-state index >= 15 is 0 Å². The van der Waals surface area contributed by atoms with E-state index in [4.69, 9.17) is 27.9 Å². The van der Waals surface area contributed by atoms with Gasteiger partial charge in [0.25, 0.3) is 11.6 Å². The maximum absolute atomic E-state index is 12.5. The molecule has 1 N–H and O–H groups in total. The molecule has 0 saturated carbocycles. The minimum Gasteiger partial charge on any atom is -0.477 e. The molecule has 0 aliphatic carbocycles. The summed E-state index contributed by atoms with van der Waals surface area (Å²) >= 11 is 11.6. The van der Waals surface area contributed by atoms with Gasteiger partial charge in [-0.1, -0.05) is 23.2 Å². The average Bonchev–Trinajstić information content (AvgIpc) is 2.61. The number of nitro groups is 1. The second-order valence-corrected chi connectivity index (χ2v) is 6.20. The third-order valence-corrected chi connectivity index (χ3v) is 3.99. The normalized spacial score (nSPS) is 11.2. The summed E-state index contributed by atoms with van der Waals surface area (Å²) in [6, 6.07) is 4.18. The number of alkyl halides is 3. The molecular weight excluding hydrogens is 426 g/mol. The summed E-state index contributed by atoms with van der Waals surface area (Å²) in [5.41, 5.74) is -1.32. The highest BCUT2D eigenvalue weighted by atomic mass is 35.5. The van der Waals surface area contributed by atoms with Gasteiger partial charge in [0, 0.05) is 24.9 Å². The van der Waals surface area contributed by atoms with Crippen LogP contribution >= 0.6 is 23.2 Å². The molecule has 28 heavy (non-hydrogen) atoms. The predicted octanol–water partition coefficient (Wildman–Crippen LogP) is 4.51. The number of nitrogens with one attached hydrogen (secondary N) is 1. The minimum absolute atomic E-state index is 0.0149. The van der Waals surface area contributed by atoms with E-state index in [0.717, 1.165) is 6.07 Å². The molecule has 0 radical (unpaired) electrons. The molecule has 0 saturated heterocycles. The SMILES string of the molecule is O=C(NCCCOc1ncc(C(F)(F)F)cc1Cl)c1cc([N+](=O)[O-])ccc1Cl. The van der Waals surface area contributed by atoms with E-state index in [9.17, 15) is 28.1 Å². The third kappa shape index (κ3) is 5.70. The summed E-state index contributed by atoms with van der Waals surface area (Å²) in [7, 11) is 0. The number of aromatic nitrogens is 1. The summed E-state index contributed by atoms with van der Waals surface area (Å²) in [5.74, 6) is -0.776. The van der Waals surface area contributed by atoms with Gasteiger partial charge >= 0.3 is 6.18 Å². The highest BCUT2D eigenvalue weighted by molar-refractivity contribution is 6.34. The Labute approximate surface area is 166 Å². The zero-order chi connectivity index (χ0) is 20.9. The highest BCUT2D eigenvalue weighted by Crippen LogP contribution is 2.33. The number of rotatable bonds is 7. The fourth-order valence-corrected chi connectivity index (χ4v) is 2.45. The molecule has 0 unspecified atom stereocenters. The Hall–Kier alpha value is -2.59. The van der Waals surface area contributed by atoms with Gasteiger partial charge < -0.3 is 10.1 Å². The molecule has 1 amide bonds. The Morgan fingerprint density at radius 1 is 1.25 bits per heavy atom. The fourth-order valence-electron chi connectivity index (χ4n) is 2.03. The van der Waals surface area contributed by atoms with Crippen LogP contribution in [-0.2, 0) is 6.18 Å². The van der Waals surface area contributed by atoms with Crippen molar-refractivity contribution in [1.29, 1.82) is 0 Å². The molecule has 7 nitrogen and oxygen atoms in total. The molecule has 1 aromatic carbocycles. The van der Waals surface area contributed by atoms with Gasteiger partial charge in [-0.2, -0.15) is 13.2 Å². The first-order chi connectivity index (χ1) is 13.1. The molecule has 12 heteroatoms. The van der Waals surface area contributed by atoms with Crippen molar-refractivity contribution in [3.63, 3.8) is 0 Å². The molecular formula is C16H12Cl2F3N3O4. The summed E-state index contributed by atoms with van der Waals surface area (Å²) in [4.78, 5) is 25.7. The summed E-state index contributed by atoms with van der Waals surface area (Å²) in [6.45, 7) is 0.136. The number of non-ortho nitro benzene ring substituents is 1. The van der Waals surface area contributed by atoms with Gasteiger partial charge in [-0.05, 0) is 18.6 Å². The molecule has 2 aromatic rings. The van der Waals surface area contributed by atoms with Gasteiger partial charge in [0.15, 0.2) is 0 Å². The van der Waals surface area contributed by atoms with E-state index in [1.54, 1.807) is 0 Å². The lowest BCUT2D eigenvalue weighted by Crippen LogP contribution is -2.26. The quantitative estimate of drug-likeness (QED) is 0.390. The molecule has 2 rings (SSSR count). The summed E-state index contributed by atoms with van der Waals surface area (Å²) in [6.07, 6.45) is -3.68. The van der Waals surface area contributed by atoms with Crippen LogP contribution in [0.5, 0.6) is 5.88 Å². The van der Waals surface area contributed by atoms with Crippen LogP contribution in [0.3, 0.4) is 0 Å². The number of carbonyl (C=O) groups is 1.